The molecule has 0 saturated heterocycles. The first-order valence-corrected chi connectivity index (χ1v) is 11.1. The van der Waals surface area contributed by atoms with Crippen LogP contribution in [0, 0.1) is 0 Å². The first kappa shape index (κ1) is 22.7. The first-order chi connectivity index (χ1) is 14.4. The van der Waals surface area contributed by atoms with Gasteiger partial charge >= 0.3 is 0 Å². The number of nitrogens with zero attached hydrogens (tertiary/aromatic N) is 3. The highest BCUT2D eigenvalue weighted by Gasteiger charge is 2.21. The highest BCUT2D eigenvalue weighted by atomic mass is 35.5. The third-order valence-electron chi connectivity index (χ3n) is 4.13. The number of carbonyl (C=O) groups excluding carboxylic acids is 1. The van der Waals surface area contributed by atoms with E-state index in [1.165, 1.54) is 11.8 Å². The Morgan fingerprint density at radius 3 is 2.67 bits per heavy atom. The van der Waals surface area contributed by atoms with Crippen molar-refractivity contribution in [2.24, 2.45) is 0 Å². The Bertz CT molecular complexity index is 1070. The average Bonchev–Trinajstić information content (AvgIpc) is 3.11. The van der Waals surface area contributed by atoms with Gasteiger partial charge in [0.15, 0.2) is 22.9 Å². The summed E-state index contributed by atoms with van der Waals surface area (Å²) in [4.78, 5) is 12.6. The van der Waals surface area contributed by atoms with Crippen LogP contribution in [0.3, 0.4) is 0 Å². The average molecular weight is 483 g/mol. The molecule has 2 aromatic carbocycles. The highest BCUT2D eigenvalue weighted by Crippen LogP contribution is 2.30. The molecule has 1 atom stereocenters. The fourth-order valence-corrected chi connectivity index (χ4v) is 4.25. The number of carbonyl (C=O) groups is 1. The number of allylic oxidation sites excluding steroid dienone is 1. The molecule has 3 rings (SSSR count). The van der Waals surface area contributed by atoms with E-state index in [1.807, 2.05) is 23.6 Å². The molecular weight excluding hydrogens is 465 g/mol. The molecule has 0 saturated carbocycles. The number of para-hydroxylation sites is 1. The van der Waals surface area contributed by atoms with Crippen LogP contribution < -0.4 is 4.74 Å². The summed E-state index contributed by atoms with van der Waals surface area (Å²) in [6.45, 7) is 6.12. The van der Waals surface area contributed by atoms with Gasteiger partial charge in [-0.25, -0.2) is 0 Å². The van der Waals surface area contributed by atoms with E-state index in [0.717, 1.165) is 0 Å². The van der Waals surface area contributed by atoms with Gasteiger partial charge in [-0.3, -0.25) is 9.36 Å². The molecule has 30 heavy (non-hydrogen) atoms. The lowest BCUT2D eigenvalue weighted by Gasteiger charge is -2.16. The predicted molar refractivity (Wildman–Crippen MR) is 122 cm³/mol. The zero-order chi connectivity index (χ0) is 21.7. The van der Waals surface area contributed by atoms with Crippen molar-refractivity contribution in [3.05, 3.63) is 81.6 Å². The number of Topliss-reactive ketones (excluding diaryl/α,β-unsaturated/α-hetero) is 1. The second kappa shape index (κ2) is 10.4. The van der Waals surface area contributed by atoms with Crippen LogP contribution in [0.4, 0.5) is 0 Å². The molecule has 0 bridgehead atoms. The SMILES string of the molecule is C=CCn1c(SCC(=O)c2ccc(Cl)cc2Cl)nnc1C(C)Oc1ccccc1Cl. The summed E-state index contributed by atoms with van der Waals surface area (Å²) in [5.74, 6) is 1.18. The van der Waals surface area contributed by atoms with E-state index in [1.54, 1.807) is 36.4 Å². The summed E-state index contributed by atoms with van der Waals surface area (Å²) in [5.41, 5.74) is 0.416. The summed E-state index contributed by atoms with van der Waals surface area (Å²) >= 11 is 19.5. The van der Waals surface area contributed by atoms with Crippen LogP contribution in [0.15, 0.2) is 60.3 Å². The Kier molecular flexibility index (Phi) is 7.83. The molecule has 156 valence electrons. The van der Waals surface area contributed by atoms with Crippen molar-refractivity contribution < 1.29 is 9.53 Å². The van der Waals surface area contributed by atoms with Crippen LogP contribution in [0.25, 0.3) is 0 Å². The van der Waals surface area contributed by atoms with Gasteiger partial charge in [0.05, 0.1) is 15.8 Å². The monoisotopic (exact) mass is 481 g/mol. The Labute approximate surface area is 194 Å². The fraction of sp³-hybridized carbons (Fsp3) is 0.190. The van der Waals surface area contributed by atoms with E-state index in [9.17, 15) is 4.79 Å². The van der Waals surface area contributed by atoms with Crippen LogP contribution in [0.2, 0.25) is 15.1 Å². The second-order valence-corrected chi connectivity index (χ2v) is 8.46. The van der Waals surface area contributed by atoms with Gasteiger partial charge in [0.25, 0.3) is 0 Å². The number of benzene rings is 2. The number of thioether (sulfide) groups is 1. The Morgan fingerprint density at radius 2 is 1.97 bits per heavy atom. The summed E-state index contributed by atoms with van der Waals surface area (Å²) in [6, 6.07) is 12.0. The summed E-state index contributed by atoms with van der Waals surface area (Å²) < 4.78 is 7.81. The van der Waals surface area contributed by atoms with E-state index in [4.69, 9.17) is 39.5 Å². The molecule has 3 aromatic rings. The summed E-state index contributed by atoms with van der Waals surface area (Å²) in [6.07, 6.45) is 1.32. The number of rotatable bonds is 9. The molecule has 0 radical (unpaired) electrons. The van der Waals surface area contributed by atoms with E-state index < -0.39 is 6.10 Å². The molecule has 0 fully saturated rings. The van der Waals surface area contributed by atoms with Crippen molar-refractivity contribution in [3.63, 3.8) is 0 Å². The second-order valence-electron chi connectivity index (χ2n) is 6.27. The van der Waals surface area contributed by atoms with E-state index in [2.05, 4.69) is 16.8 Å². The normalized spacial score (nSPS) is 11.9. The van der Waals surface area contributed by atoms with Gasteiger partial charge in [0.1, 0.15) is 5.75 Å². The van der Waals surface area contributed by atoms with Gasteiger partial charge in [0, 0.05) is 17.1 Å². The van der Waals surface area contributed by atoms with Gasteiger partial charge in [0.2, 0.25) is 0 Å². The van der Waals surface area contributed by atoms with Crippen LogP contribution in [0.1, 0.15) is 29.2 Å². The van der Waals surface area contributed by atoms with Crippen LogP contribution in [0.5, 0.6) is 5.75 Å². The summed E-state index contributed by atoms with van der Waals surface area (Å²) in [5, 5.41) is 10.4. The van der Waals surface area contributed by atoms with E-state index in [-0.39, 0.29) is 11.5 Å². The van der Waals surface area contributed by atoms with Crippen LogP contribution in [-0.2, 0) is 6.54 Å². The minimum atomic E-state index is -0.409. The zero-order valence-electron chi connectivity index (χ0n) is 16.0. The van der Waals surface area contributed by atoms with Crippen molar-refractivity contribution >= 4 is 52.3 Å². The molecule has 0 aliphatic heterocycles. The van der Waals surface area contributed by atoms with Crippen molar-refractivity contribution in [2.75, 3.05) is 5.75 Å². The van der Waals surface area contributed by atoms with Crippen molar-refractivity contribution in [1.82, 2.24) is 14.8 Å². The molecule has 1 aromatic heterocycles. The molecule has 1 heterocycles. The molecule has 5 nitrogen and oxygen atoms in total. The lowest BCUT2D eigenvalue weighted by Crippen LogP contribution is -2.13. The summed E-state index contributed by atoms with van der Waals surface area (Å²) in [7, 11) is 0. The topological polar surface area (TPSA) is 57.0 Å². The number of halogens is 3. The van der Waals surface area contributed by atoms with Crippen molar-refractivity contribution in [2.45, 2.75) is 24.7 Å². The molecule has 9 heteroatoms. The molecule has 0 spiro atoms. The Morgan fingerprint density at radius 1 is 1.20 bits per heavy atom. The smallest absolute Gasteiger partial charge is 0.192 e. The van der Waals surface area contributed by atoms with Gasteiger partial charge < -0.3 is 4.74 Å². The van der Waals surface area contributed by atoms with Crippen molar-refractivity contribution in [1.29, 1.82) is 0 Å². The molecular formula is C21H18Cl3N3O2S. The lowest BCUT2D eigenvalue weighted by atomic mass is 10.1. The Balaban J connectivity index is 1.76. The third kappa shape index (κ3) is 5.38. The molecule has 0 amide bonds. The quantitative estimate of drug-likeness (QED) is 0.197. The molecule has 1 unspecified atom stereocenters. The van der Waals surface area contributed by atoms with Gasteiger partial charge in [-0.1, -0.05) is 64.8 Å². The van der Waals surface area contributed by atoms with Gasteiger partial charge in [-0.2, -0.15) is 0 Å². The zero-order valence-corrected chi connectivity index (χ0v) is 19.1. The number of hydrogen-bond acceptors (Lipinski definition) is 5. The van der Waals surface area contributed by atoms with Crippen LogP contribution >= 0.6 is 46.6 Å². The van der Waals surface area contributed by atoms with E-state index >= 15 is 0 Å². The third-order valence-corrected chi connectivity index (χ3v) is 5.95. The number of hydrogen-bond donors (Lipinski definition) is 0. The van der Waals surface area contributed by atoms with Crippen molar-refractivity contribution in [3.8, 4) is 5.75 Å². The predicted octanol–water partition coefficient (Wildman–Crippen LogP) is 6.54. The number of ketones is 1. The maximum atomic E-state index is 12.6. The molecule has 0 aliphatic carbocycles. The largest absolute Gasteiger partial charge is 0.481 e. The Hall–Kier alpha value is -1.99. The standard InChI is InChI=1S/C21H18Cl3N3O2S/c1-3-10-27-20(13(2)29-19-7-5-4-6-16(19)23)25-26-21(27)30-12-18(28)15-9-8-14(22)11-17(15)24/h3-9,11,13H,1,10,12H2,2H3. The van der Waals surface area contributed by atoms with Gasteiger partial charge in [-0.05, 0) is 37.3 Å². The van der Waals surface area contributed by atoms with Gasteiger partial charge in [-0.15, -0.1) is 16.8 Å². The number of ether oxygens (including phenoxy) is 1. The fourth-order valence-electron chi connectivity index (χ4n) is 2.72. The lowest BCUT2D eigenvalue weighted by molar-refractivity contribution is 0.102. The maximum absolute atomic E-state index is 12.6. The minimum Gasteiger partial charge on any atom is -0.481 e. The first-order valence-electron chi connectivity index (χ1n) is 8.97. The highest BCUT2D eigenvalue weighted by molar-refractivity contribution is 7.99. The molecule has 0 N–H and O–H groups in total. The van der Waals surface area contributed by atoms with E-state index in [0.29, 0.717) is 43.9 Å². The van der Waals surface area contributed by atoms with Crippen LogP contribution in [-0.4, -0.2) is 26.3 Å². The molecule has 0 aliphatic rings. The maximum Gasteiger partial charge on any atom is 0.192 e. The number of aromatic nitrogens is 3. The minimum absolute atomic E-state index is 0.128.